The Morgan fingerprint density at radius 1 is 1.27 bits per heavy atom. The monoisotopic (exact) mass is 427 g/mol. The fraction of sp³-hybridized carbons (Fsp3) is 0.476. The average molecular weight is 428 g/mol. The molecule has 8 nitrogen and oxygen atoms in total. The molecule has 3 amide bonds. The number of hydrogen-bond acceptors (Lipinski definition) is 6. The first-order valence-electron chi connectivity index (χ1n) is 10.3. The molecule has 1 atom stereocenters. The highest BCUT2D eigenvalue weighted by Crippen LogP contribution is 2.45. The van der Waals surface area contributed by atoms with Crippen LogP contribution in [-0.2, 0) is 16.0 Å². The van der Waals surface area contributed by atoms with Crippen molar-refractivity contribution in [1.82, 2.24) is 15.1 Å². The standard InChI is InChI=1S/C21H25N5O3S/c1-4-5-10-16-23-24-20(30-16)22-19(29)21-12-11-17(27)26(21)15-9-7-6-8-14(15)18(28)25(21)13(2)3/h6-9,13H,4-5,10-12H2,1-3H3,(H,22,24,29)/t21-/m1/s1. The van der Waals surface area contributed by atoms with Crippen LogP contribution in [0.15, 0.2) is 24.3 Å². The number of para-hydroxylation sites is 1. The summed E-state index contributed by atoms with van der Waals surface area (Å²) in [5, 5.41) is 12.3. The molecule has 1 fully saturated rings. The molecule has 30 heavy (non-hydrogen) atoms. The van der Waals surface area contributed by atoms with Crippen molar-refractivity contribution in [3.8, 4) is 0 Å². The van der Waals surface area contributed by atoms with Gasteiger partial charge in [0, 0.05) is 25.3 Å². The van der Waals surface area contributed by atoms with Gasteiger partial charge in [0.2, 0.25) is 16.7 Å². The number of nitrogens with zero attached hydrogens (tertiary/aromatic N) is 4. The molecule has 9 heteroatoms. The van der Waals surface area contributed by atoms with E-state index >= 15 is 0 Å². The maximum atomic E-state index is 13.7. The normalized spacial score (nSPS) is 20.5. The van der Waals surface area contributed by atoms with Crippen LogP contribution < -0.4 is 10.2 Å². The van der Waals surface area contributed by atoms with Crippen LogP contribution in [0.1, 0.15) is 61.8 Å². The first kappa shape index (κ1) is 20.5. The van der Waals surface area contributed by atoms with Crippen LogP contribution in [0.4, 0.5) is 10.8 Å². The van der Waals surface area contributed by atoms with E-state index in [1.54, 1.807) is 24.3 Å². The fourth-order valence-electron chi connectivity index (χ4n) is 4.34. The number of benzene rings is 1. The fourth-order valence-corrected chi connectivity index (χ4v) is 5.11. The van der Waals surface area contributed by atoms with Crippen LogP contribution in [0.3, 0.4) is 0 Å². The first-order valence-corrected chi connectivity index (χ1v) is 11.1. The summed E-state index contributed by atoms with van der Waals surface area (Å²) < 4.78 is 0. The Hall–Kier alpha value is -2.81. The van der Waals surface area contributed by atoms with Gasteiger partial charge in [-0.1, -0.05) is 36.8 Å². The Labute approximate surface area is 179 Å². The lowest BCUT2D eigenvalue weighted by atomic mass is 9.94. The van der Waals surface area contributed by atoms with Gasteiger partial charge in [-0.15, -0.1) is 10.2 Å². The number of hydrogen-bond donors (Lipinski definition) is 1. The van der Waals surface area contributed by atoms with Crippen molar-refractivity contribution >= 4 is 39.9 Å². The van der Waals surface area contributed by atoms with Crippen LogP contribution in [0, 0.1) is 0 Å². The molecule has 1 saturated heterocycles. The number of anilines is 2. The summed E-state index contributed by atoms with van der Waals surface area (Å²) in [5.41, 5.74) is -0.494. The summed E-state index contributed by atoms with van der Waals surface area (Å²) in [6.45, 7) is 5.82. The second kappa shape index (κ2) is 7.79. The number of aromatic nitrogens is 2. The number of fused-ring (bicyclic) bond motifs is 3. The summed E-state index contributed by atoms with van der Waals surface area (Å²) in [6.07, 6.45) is 3.28. The molecule has 0 radical (unpaired) electrons. The van der Waals surface area contributed by atoms with Crippen molar-refractivity contribution < 1.29 is 14.4 Å². The van der Waals surface area contributed by atoms with E-state index in [9.17, 15) is 14.4 Å². The van der Waals surface area contributed by atoms with Gasteiger partial charge in [0.15, 0.2) is 0 Å². The lowest BCUT2D eigenvalue weighted by Gasteiger charge is -2.50. The molecule has 158 valence electrons. The van der Waals surface area contributed by atoms with E-state index in [1.807, 2.05) is 13.8 Å². The van der Waals surface area contributed by atoms with Gasteiger partial charge in [-0.3, -0.25) is 24.6 Å². The zero-order valence-corrected chi connectivity index (χ0v) is 18.2. The highest BCUT2D eigenvalue weighted by Gasteiger charge is 2.61. The van der Waals surface area contributed by atoms with Crippen molar-refractivity contribution in [2.24, 2.45) is 0 Å². The van der Waals surface area contributed by atoms with E-state index in [-0.39, 0.29) is 30.7 Å². The van der Waals surface area contributed by atoms with E-state index in [0.717, 1.165) is 24.3 Å². The van der Waals surface area contributed by atoms with Crippen molar-refractivity contribution in [3.05, 3.63) is 34.8 Å². The minimum absolute atomic E-state index is 0.170. The predicted octanol–water partition coefficient (Wildman–Crippen LogP) is 3.21. The zero-order chi connectivity index (χ0) is 21.5. The second-order valence-electron chi connectivity index (χ2n) is 7.89. The summed E-state index contributed by atoms with van der Waals surface area (Å²) in [7, 11) is 0. The van der Waals surface area contributed by atoms with E-state index < -0.39 is 11.6 Å². The molecule has 3 heterocycles. The van der Waals surface area contributed by atoms with Crippen LogP contribution >= 0.6 is 11.3 Å². The van der Waals surface area contributed by atoms with E-state index in [4.69, 9.17) is 0 Å². The molecule has 4 rings (SSSR count). The number of unbranched alkanes of at least 4 members (excludes halogenated alkanes) is 1. The Kier molecular flexibility index (Phi) is 5.31. The lowest BCUT2D eigenvalue weighted by Crippen LogP contribution is -2.70. The second-order valence-corrected chi connectivity index (χ2v) is 8.95. The first-order chi connectivity index (χ1) is 14.4. The summed E-state index contributed by atoms with van der Waals surface area (Å²) >= 11 is 1.33. The van der Waals surface area contributed by atoms with Crippen LogP contribution in [0.5, 0.6) is 0 Å². The van der Waals surface area contributed by atoms with Crippen molar-refractivity contribution in [2.45, 2.75) is 64.6 Å². The third-order valence-electron chi connectivity index (χ3n) is 5.61. The maximum absolute atomic E-state index is 13.7. The number of aryl methyl sites for hydroxylation is 1. The number of nitrogens with one attached hydrogen (secondary N) is 1. The number of carbonyl (C=O) groups excluding carboxylic acids is 3. The third kappa shape index (κ3) is 3.08. The molecule has 0 unspecified atom stereocenters. The Balaban J connectivity index is 1.75. The molecule has 2 aliphatic heterocycles. The van der Waals surface area contributed by atoms with Crippen molar-refractivity contribution in [2.75, 3.05) is 10.2 Å². The number of carbonyl (C=O) groups is 3. The van der Waals surface area contributed by atoms with E-state index in [0.29, 0.717) is 16.4 Å². The highest BCUT2D eigenvalue weighted by molar-refractivity contribution is 7.15. The van der Waals surface area contributed by atoms with Gasteiger partial charge in [0.05, 0.1) is 11.3 Å². The Morgan fingerprint density at radius 3 is 2.77 bits per heavy atom. The molecule has 1 N–H and O–H groups in total. The smallest absolute Gasteiger partial charge is 0.273 e. The van der Waals surface area contributed by atoms with E-state index in [1.165, 1.54) is 21.1 Å². The van der Waals surface area contributed by atoms with Crippen LogP contribution in [-0.4, -0.2) is 44.5 Å². The summed E-state index contributed by atoms with van der Waals surface area (Å²) in [4.78, 5) is 43.0. The molecule has 0 spiro atoms. The molecule has 2 aliphatic rings. The van der Waals surface area contributed by atoms with Gasteiger partial charge in [0.25, 0.3) is 11.8 Å². The molecule has 2 aromatic rings. The van der Waals surface area contributed by atoms with Gasteiger partial charge in [-0.25, -0.2) is 0 Å². The molecule has 1 aromatic carbocycles. The van der Waals surface area contributed by atoms with Crippen molar-refractivity contribution in [3.63, 3.8) is 0 Å². The molecule has 0 bridgehead atoms. The van der Waals surface area contributed by atoms with Crippen molar-refractivity contribution in [1.29, 1.82) is 0 Å². The zero-order valence-electron chi connectivity index (χ0n) is 17.3. The van der Waals surface area contributed by atoms with Gasteiger partial charge in [-0.2, -0.15) is 0 Å². The minimum atomic E-state index is -1.41. The minimum Gasteiger partial charge on any atom is -0.304 e. The average Bonchev–Trinajstić information content (AvgIpc) is 3.31. The van der Waals surface area contributed by atoms with E-state index in [2.05, 4.69) is 22.4 Å². The molecule has 0 aliphatic carbocycles. The van der Waals surface area contributed by atoms with Crippen LogP contribution in [0.2, 0.25) is 0 Å². The molecular formula is C21H25N5O3S. The number of rotatable bonds is 6. The topological polar surface area (TPSA) is 95.5 Å². The Bertz CT molecular complexity index is 1000. The molecule has 0 saturated carbocycles. The lowest BCUT2D eigenvalue weighted by molar-refractivity contribution is -0.129. The number of amides is 3. The predicted molar refractivity (Wildman–Crippen MR) is 114 cm³/mol. The highest BCUT2D eigenvalue weighted by atomic mass is 32.1. The van der Waals surface area contributed by atoms with Gasteiger partial charge < -0.3 is 4.90 Å². The quantitative estimate of drug-likeness (QED) is 0.764. The summed E-state index contributed by atoms with van der Waals surface area (Å²) in [6, 6.07) is 6.69. The van der Waals surface area contributed by atoms with Gasteiger partial charge in [0.1, 0.15) is 5.01 Å². The third-order valence-corrected chi connectivity index (χ3v) is 6.51. The summed E-state index contributed by atoms with van der Waals surface area (Å²) in [5.74, 6) is -0.845. The molecular weight excluding hydrogens is 402 g/mol. The SMILES string of the molecule is CCCCc1nnc(NC(=O)[C@@]23CCC(=O)N2c2ccccc2C(=O)N3C(C)C)s1. The largest absolute Gasteiger partial charge is 0.304 e. The van der Waals surface area contributed by atoms with Crippen LogP contribution in [0.25, 0.3) is 0 Å². The Morgan fingerprint density at radius 2 is 2.03 bits per heavy atom. The van der Waals surface area contributed by atoms with Gasteiger partial charge >= 0.3 is 0 Å². The van der Waals surface area contributed by atoms with Gasteiger partial charge in [-0.05, 0) is 32.4 Å². The molecule has 1 aromatic heterocycles. The maximum Gasteiger partial charge on any atom is 0.273 e.